The number of aromatic nitrogens is 3. The highest BCUT2D eigenvalue weighted by Gasteiger charge is 2.00. The molecule has 0 atom stereocenters. The second kappa shape index (κ2) is 4.79. The molecule has 0 spiro atoms. The Hall–Kier alpha value is -2.49. The number of nitrogens with zero attached hydrogens (tertiary/aromatic N) is 3. The molecule has 18 heavy (non-hydrogen) atoms. The second-order valence-corrected chi connectivity index (χ2v) is 3.95. The smallest absolute Gasteiger partial charge is 0.0777 e. The molecule has 0 saturated heterocycles. The third kappa shape index (κ3) is 2.13. The molecule has 3 aromatic rings. The quantitative estimate of drug-likeness (QED) is 0.759. The number of anilines is 1. The molecule has 0 bridgehead atoms. The molecule has 2 aromatic heterocycles. The summed E-state index contributed by atoms with van der Waals surface area (Å²) in [6, 6.07) is 8.15. The Morgan fingerprint density at radius 2 is 1.89 bits per heavy atom. The topological polar surface area (TPSA) is 50.7 Å². The van der Waals surface area contributed by atoms with Crippen molar-refractivity contribution in [2.24, 2.45) is 0 Å². The number of benzene rings is 1. The van der Waals surface area contributed by atoms with E-state index in [2.05, 4.69) is 26.3 Å². The Bertz CT molecular complexity index is 647. The van der Waals surface area contributed by atoms with Crippen molar-refractivity contribution in [3.8, 4) is 0 Å². The highest BCUT2D eigenvalue weighted by Crippen LogP contribution is 2.22. The van der Waals surface area contributed by atoms with Gasteiger partial charge in [-0.1, -0.05) is 12.1 Å². The Balaban J connectivity index is 1.87. The fourth-order valence-corrected chi connectivity index (χ4v) is 1.87. The average Bonchev–Trinajstić information content (AvgIpc) is 2.46. The maximum atomic E-state index is 4.23. The number of pyridine rings is 1. The van der Waals surface area contributed by atoms with Gasteiger partial charge in [0.1, 0.15) is 0 Å². The minimum atomic E-state index is 0.655. The van der Waals surface area contributed by atoms with Gasteiger partial charge in [-0.05, 0) is 17.5 Å². The predicted octanol–water partition coefficient (Wildman–Crippen LogP) is 2.64. The minimum absolute atomic E-state index is 0.655. The molecule has 4 nitrogen and oxygen atoms in total. The van der Waals surface area contributed by atoms with Crippen molar-refractivity contribution >= 4 is 16.5 Å². The Kier molecular flexibility index (Phi) is 2.84. The molecule has 0 saturated carbocycles. The molecule has 2 heterocycles. The summed E-state index contributed by atoms with van der Waals surface area (Å²) in [6.45, 7) is 0.655. The molecule has 3 rings (SSSR count). The molecule has 0 aliphatic heterocycles. The van der Waals surface area contributed by atoms with Crippen molar-refractivity contribution in [2.75, 3.05) is 5.32 Å². The van der Waals surface area contributed by atoms with Crippen molar-refractivity contribution in [1.29, 1.82) is 0 Å². The lowest BCUT2D eigenvalue weighted by atomic mass is 10.1. The van der Waals surface area contributed by atoms with Gasteiger partial charge < -0.3 is 5.32 Å². The molecule has 0 aliphatic carbocycles. The molecule has 1 N–H and O–H groups in total. The SMILES string of the molecule is c1cc(NCc2cnccn2)c2cnccc2c1. The van der Waals surface area contributed by atoms with E-state index in [0.29, 0.717) is 6.54 Å². The van der Waals surface area contributed by atoms with Gasteiger partial charge in [0.2, 0.25) is 0 Å². The first-order valence-electron chi connectivity index (χ1n) is 5.75. The van der Waals surface area contributed by atoms with Crippen molar-refractivity contribution in [1.82, 2.24) is 15.0 Å². The van der Waals surface area contributed by atoms with Gasteiger partial charge in [0.25, 0.3) is 0 Å². The minimum Gasteiger partial charge on any atom is -0.379 e. The van der Waals surface area contributed by atoms with Crippen molar-refractivity contribution in [3.05, 3.63) is 60.9 Å². The first kappa shape index (κ1) is 10.7. The molecule has 0 aliphatic rings. The summed E-state index contributed by atoms with van der Waals surface area (Å²) in [5.41, 5.74) is 1.98. The monoisotopic (exact) mass is 236 g/mol. The molecule has 4 heteroatoms. The fraction of sp³-hybridized carbons (Fsp3) is 0.0714. The molecular formula is C14H12N4. The zero-order chi connectivity index (χ0) is 12.2. The van der Waals surface area contributed by atoms with Crippen LogP contribution < -0.4 is 5.32 Å². The van der Waals surface area contributed by atoms with Crippen LogP contribution in [0.4, 0.5) is 5.69 Å². The second-order valence-electron chi connectivity index (χ2n) is 3.95. The summed E-state index contributed by atoms with van der Waals surface area (Å²) in [5.74, 6) is 0. The van der Waals surface area contributed by atoms with Crippen LogP contribution in [0, 0.1) is 0 Å². The number of nitrogens with one attached hydrogen (secondary N) is 1. The summed E-state index contributed by atoms with van der Waals surface area (Å²) in [4.78, 5) is 12.4. The first-order chi connectivity index (χ1) is 8.93. The van der Waals surface area contributed by atoms with Crippen LogP contribution in [0.3, 0.4) is 0 Å². The highest BCUT2D eigenvalue weighted by atomic mass is 14.9. The normalized spacial score (nSPS) is 10.4. The zero-order valence-corrected chi connectivity index (χ0v) is 9.74. The average molecular weight is 236 g/mol. The third-order valence-corrected chi connectivity index (χ3v) is 2.76. The van der Waals surface area contributed by atoms with Crippen molar-refractivity contribution in [3.63, 3.8) is 0 Å². The molecule has 0 amide bonds. The molecule has 88 valence electrons. The molecule has 1 aromatic carbocycles. The van der Waals surface area contributed by atoms with E-state index in [-0.39, 0.29) is 0 Å². The summed E-state index contributed by atoms with van der Waals surface area (Å²) < 4.78 is 0. The van der Waals surface area contributed by atoms with E-state index < -0.39 is 0 Å². The van der Waals surface area contributed by atoms with Crippen LogP contribution in [0.25, 0.3) is 10.8 Å². The van der Waals surface area contributed by atoms with Crippen molar-refractivity contribution < 1.29 is 0 Å². The van der Waals surface area contributed by atoms with E-state index in [9.17, 15) is 0 Å². The lowest BCUT2D eigenvalue weighted by Gasteiger charge is -2.08. The van der Waals surface area contributed by atoms with Crippen LogP contribution in [0.2, 0.25) is 0 Å². The van der Waals surface area contributed by atoms with E-state index in [1.165, 1.54) is 5.39 Å². The van der Waals surface area contributed by atoms with Gasteiger partial charge in [0.05, 0.1) is 18.4 Å². The Labute approximate surface area is 105 Å². The van der Waals surface area contributed by atoms with E-state index in [0.717, 1.165) is 16.8 Å². The van der Waals surface area contributed by atoms with Gasteiger partial charge >= 0.3 is 0 Å². The van der Waals surface area contributed by atoms with E-state index >= 15 is 0 Å². The van der Waals surface area contributed by atoms with Crippen LogP contribution in [-0.2, 0) is 6.54 Å². The number of fused-ring (bicyclic) bond motifs is 1. The standard InChI is InChI=1S/C14H12N4/c1-2-11-4-5-15-10-13(11)14(3-1)18-9-12-8-16-6-7-17-12/h1-8,10,18H,9H2. The maximum absolute atomic E-state index is 4.23. The molecule has 0 unspecified atom stereocenters. The van der Waals surface area contributed by atoms with E-state index in [1.54, 1.807) is 24.8 Å². The predicted molar refractivity (Wildman–Crippen MR) is 71.1 cm³/mol. The largest absolute Gasteiger partial charge is 0.379 e. The fourth-order valence-electron chi connectivity index (χ4n) is 1.87. The number of hydrogen-bond donors (Lipinski definition) is 1. The van der Waals surface area contributed by atoms with Crippen LogP contribution in [0.5, 0.6) is 0 Å². The third-order valence-electron chi connectivity index (χ3n) is 2.76. The summed E-state index contributed by atoms with van der Waals surface area (Å²) in [7, 11) is 0. The lowest BCUT2D eigenvalue weighted by Crippen LogP contribution is -2.02. The van der Waals surface area contributed by atoms with Gasteiger partial charge in [-0.3, -0.25) is 15.0 Å². The Morgan fingerprint density at radius 1 is 0.944 bits per heavy atom. The number of rotatable bonds is 3. The van der Waals surface area contributed by atoms with Gasteiger partial charge in [0.15, 0.2) is 0 Å². The summed E-state index contributed by atoms with van der Waals surface area (Å²) >= 11 is 0. The molecule has 0 radical (unpaired) electrons. The lowest BCUT2D eigenvalue weighted by molar-refractivity contribution is 1.01. The van der Waals surface area contributed by atoms with Gasteiger partial charge in [-0.15, -0.1) is 0 Å². The summed E-state index contributed by atoms with van der Waals surface area (Å²) in [5, 5.41) is 5.65. The first-order valence-corrected chi connectivity index (χ1v) is 5.75. The summed E-state index contributed by atoms with van der Waals surface area (Å²) in [6.07, 6.45) is 8.80. The number of hydrogen-bond acceptors (Lipinski definition) is 4. The van der Waals surface area contributed by atoms with Gasteiger partial charge in [-0.2, -0.15) is 0 Å². The Morgan fingerprint density at radius 3 is 2.78 bits per heavy atom. The van der Waals surface area contributed by atoms with Crippen molar-refractivity contribution in [2.45, 2.75) is 6.54 Å². The van der Waals surface area contributed by atoms with Crippen LogP contribution >= 0.6 is 0 Å². The van der Waals surface area contributed by atoms with Gasteiger partial charge in [0, 0.05) is 35.9 Å². The maximum Gasteiger partial charge on any atom is 0.0777 e. The van der Waals surface area contributed by atoms with Crippen LogP contribution in [0.15, 0.2) is 55.2 Å². The van der Waals surface area contributed by atoms with E-state index in [1.807, 2.05) is 24.4 Å². The molecule has 0 fully saturated rings. The van der Waals surface area contributed by atoms with Crippen LogP contribution in [0.1, 0.15) is 5.69 Å². The van der Waals surface area contributed by atoms with Crippen LogP contribution in [-0.4, -0.2) is 15.0 Å². The van der Waals surface area contributed by atoms with E-state index in [4.69, 9.17) is 0 Å². The highest BCUT2D eigenvalue weighted by molar-refractivity contribution is 5.92. The molecular weight excluding hydrogens is 224 g/mol. The zero-order valence-electron chi connectivity index (χ0n) is 9.74. The van der Waals surface area contributed by atoms with Gasteiger partial charge in [-0.25, -0.2) is 0 Å².